The van der Waals surface area contributed by atoms with Gasteiger partial charge in [-0.05, 0) is 36.1 Å². The molecule has 0 saturated heterocycles. The molecule has 4 rings (SSSR count). The van der Waals surface area contributed by atoms with Gasteiger partial charge in [0.25, 0.3) is 5.91 Å². The molecular weight excluding hydrogens is 298 g/mol. The molecule has 1 atom stereocenters. The Morgan fingerprint density at radius 3 is 2.92 bits per heavy atom. The van der Waals surface area contributed by atoms with Gasteiger partial charge in [-0.25, -0.2) is 4.98 Å². The van der Waals surface area contributed by atoms with E-state index in [-0.39, 0.29) is 5.91 Å². The van der Waals surface area contributed by atoms with Gasteiger partial charge in [-0.3, -0.25) is 4.79 Å². The molecule has 0 radical (unpaired) electrons. The zero-order valence-corrected chi connectivity index (χ0v) is 13.8. The first-order valence-corrected chi connectivity index (χ1v) is 8.52. The van der Waals surface area contributed by atoms with Crippen LogP contribution in [0.3, 0.4) is 0 Å². The third kappa shape index (κ3) is 2.80. The van der Waals surface area contributed by atoms with E-state index in [9.17, 15) is 4.79 Å². The summed E-state index contributed by atoms with van der Waals surface area (Å²) in [4.78, 5) is 17.2. The largest absolute Gasteiger partial charge is 0.348 e. The van der Waals surface area contributed by atoms with Gasteiger partial charge in [-0.1, -0.05) is 37.3 Å². The van der Waals surface area contributed by atoms with E-state index in [0.29, 0.717) is 18.0 Å². The first-order valence-electron chi connectivity index (χ1n) is 8.52. The van der Waals surface area contributed by atoms with Gasteiger partial charge in [-0.2, -0.15) is 0 Å². The highest BCUT2D eigenvalue weighted by Crippen LogP contribution is 2.25. The number of nitrogens with one attached hydrogen (secondary N) is 1. The van der Waals surface area contributed by atoms with Gasteiger partial charge in [-0.15, -0.1) is 0 Å². The second-order valence-corrected chi connectivity index (χ2v) is 6.65. The molecule has 2 aromatic carbocycles. The molecule has 1 aliphatic heterocycles. The Morgan fingerprint density at radius 1 is 1.25 bits per heavy atom. The molecule has 2 heterocycles. The topological polar surface area (TPSA) is 46.9 Å². The Balaban J connectivity index is 1.55. The fourth-order valence-electron chi connectivity index (χ4n) is 3.37. The first-order chi connectivity index (χ1) is 11.7. The average molecular weight is 319 g/mol. The molecule has 0 fully saturated rings. The molecule has 1 N–H and O–H groups in total. The number of aromatic nitrogens is 2. The van der Waals surface area contributed by atoms with Crippen molar-refractivity contribution in [1.82, 2.24) is 14.9 Å². The number of carbonyl (C=O) groups excluding carboxylic acids is 1. The van der Waals surface area contributed by atoms with Gasteiger partial charge >= 0.3 is 0 Å². The maximum atomic E-state index is 12.4. The van der Waals surface area contributed by atoms with E-state index in [2.05, 4.69) is 16.8 Å². The number of nitrogens with zero attached hydrogens (tertiary/aromatic N) is 2. The van der Waals surface area contributed by atoms with Crippen molar-refractivity contribution < 1.29 is 4.79 Å². The summed E-state index contributed by atoms with van der Waals surface area (Å²) in [5.41, 5.74) is 3.82. The average Bonchev–Trinajstić information content (AvgIpc) is 2.97. The molecule has 4 heteroatoms. The lowest BCUT2D eigenvalue weighted by Gasteiger charge is -2.19. The summed E-state index contributed by atoms with van der Waals surface area (Å²) >= 11 is 0. The van der Waals surface area contributed by atoms with Crippen LogP contribution in [-0.4, -0.2) is 15.5 Å². The van der Waals surface area contributed by atoms with E-state index >= 15 is 0 Å². The maximum Gasteiger partial charge on any atom is 0.251 e. The molecule has 4 nitrogen and oxygen atoms in total. The number of rotatable bonds is 3. The zero-order valence-electron chi connectivity index (χ0n) is 13.8. The smallest absolute Gasteiger partial charge is 0.251 e. The number of imidazole rings is 1. The molecule has 122 valence electrons. The van der Waals surface area contributed by atoms with Crippen LogP contribution in [0.15, 0.2) is 48.5 Å². The van der Waals surface area contributed by atoms with Gasteiger partial charge in [0.15, 0.2) is 0 Å². The lowest BCUT2D eigenvalue weighted by atomic mass is 10.0. The standard InChI is InChI=1S/C20H21N3O/c1-14-9-10-23-18-8-7-16(12-17(18)22-19(23)11-14)20(24)21-13-15-5-3-2-4-6-15/h2-8,12,14H,9-11,13H2,1H3,(H,21,24)/t14-/m0/s1. The number of benzene rings is 2. The number of carbonyl (C=O) groups is 1. The Bertz CT molecular complexity index is 883. The molecule has 0 unspecified atom stereocenters. The van der Waals surface area contributed by atoms with Crippen LogP contribution < -0.4 is 5.32 Å². The number of hydrogen-bond acceptors (Lipinski definition) is 2. The molecule has 3 aromatic rings. The number of aryl methyl sites for hydroxylation is 1. The molecule has 24 heavy (non-hydrogen) atoms. The predicted octanol–water partition coefficient (Wildman–Crippen LogP) is 3.55. The highest BCUT2D eigenvalue weighted by atomic mass is 16.1. The van der Waals surface area contributed by atoms with Gasteiger partial charge < -0.3 is 9.88 Å². The van der Waals surface area contributed by atoms with E-state index < -0.39 is 0 Å². The van der Waals surface area contributed by atoms with Crippen molar-refractivity contribution in [3.63, 3.8) is 0 Å². The van der Waals surface area contributed by atoms with E-state index in [0.717, 1.165) is 35.4 Å². The van der Waals surface area contributed by atoms with Crippen LogP contribution in [-0.2, 0) is 19.5 Å². The van der Waals surface area contributed by atoms with Crippen molar-refractivity contribution in [2.75, 3.05) is 0 Å². The lowest BCUT2D eigenvalue weighted by Crippen LogP contribution is -2.22. The van der Waals surface area contributed by atoms with Crippen LogP contribution >= 0.6 is 0 Å². The van der Waals surface area contributed by atoms with Gasteiger partial charge in [0.1, 0.15) is 5.82 Å². The molecule has 0 aliphatic carbocycles. The molecule has 0 bridgehead atoms. The van der Waals surface area contributed by atoms with Crippen molar-refractivity contribution in [2.45, 2.75) is 32.9 Å². The summed E-state index contributed by atoms with van der Waals surface area (Å²) < 4.78 is 2.29. The van der Waals surface area contributed by atoms with Crippen LogP contribution in [0.5, 0.6) is 0 Å². The summed E-state index contributed by atoms with van der Waals surface area (Å²) in [6.07, 6.45) is 2.21. The molecule has 0 saturated carbocycles. The number of hydrogen-bond donors (Lipinski definition) is 1. The van der Waals surface area contributed by atoms with Crippen LogP contribution in [0, 0.1) is 5.92 Å². The summed E-state index contributed by atoms with van der Waals surface area (Å²) in [6.45, 7) is 3.83. The Kier molecular flexibility index (Phi) is 3.81. The maximum absolute atomic E-state index is 12.4. The normalized spacial score (nSPS) is 16.8. The quantitative estimate of drug-likeness (QED) is 0.802. The van der Waals surface area contributed by atoms with Gasteiger partial charge in [0, 0.05) is 25.1 Å². The second kappa shape index (κ2) is 6.11. The lowest BCUT2D eigenvalue weighted by molar-refractivity contribution is 0.0951. The number of amides is 1. The minimum absolute atomic E-state index is 0.0555. The van der Waals surface area contributed by atoms with E-state index in [1.807, 2.05) is 48.5 Å². The summed E-state index contributed by atoms with van der Waals surface area (Å²) in [7, 11) is 0. The minimum atomic E-state index is -0.0555. The fraction of sp³-hybridized carbons (Fsp3) is 0.300. The monoisotopic (exact) mass is 319 g/mol. The Labute approximate surface area is 141 Å². The third-order valence-electron chi connectivity index (χ3n) is 4.76. The minimum Gasteiger partial charge on any atom is -0.348 e. The Morgan fingerprint density at radius 2 is 2.08 bits per heavy atom. The van der Waals surface area contributed by atoms with Crippen LogP contribution in [0.1, 0.15) is 35.1 Å². The van der Waals surface area contributed by atoms with E-state index in [1.54, 1.807) is 0 Å². The van der Waals surface area contributed by atoms with E-state index in [4.69, 9.17) is 4.98 Å². The highest BCUT2D eigenvalue weighted by molar-refractivity contribution is 5.97. The molecule has 1 amide bonds. The van der Waals surface area contributed by atoms with Crippen molar-refractivity contribution in [2.24, 2.45) is 5.92 Å². The van der Waals surface area contributed by atoms with Crippen LogP contribution in [0.4, 0.5) is 0 Å². The van der Waals surface area contributed by atoms with Gasteiger partial charge in [0.2, 0.25) is 0 Å². The molecular formula is C20H21N3O. The first kappa shape index (κ1) is 14.9. The van der Waals surface area contributed by atoms with Gasteiger partial charge in [0.05, 0.1) is 11.0 Å². The van der Waals surface area contributed by atoms with Crippen molar-refractivity contribution in [1.29, 1.82) is 0 Å². The Hall–Kier alpha value is -2.62. The van der Waals surface area contributed by atoms with Crippen LogP contribution in [0.25, 0.3) is 11.0 Å². The van der Waals surface area contributed by atoms with Crippen molar-refractivity contribution in [3.05, 3.63) is 65.5 Å². The summed E-state index contributed by atoms with van der Waals surface area (Å²) in [5, 5.41) is 2.98. The van der Waals surface area contributed by atoms with E-state index in [1.165, 1.54) is 6.42 Å². The molecule has 1 aliphatic rings. The highest BCUT2D eigenvalue weighted by Gasteiger charge is 2.19. The SMILES string of the molecule is C[C@H]1CCn2c(nc3cc(C(=O)NCc4ccccc4)ccc32)C1. The second-order valence-electron chi connectivity index (χ2n) is 6.65. The van der Waals surface area contributed by atoms with Crippen molar-refractivity contribution in [3.8, 4) is 0 Å². The third-order valence-corrected chi connectivity index (χ3v) is 4.76. The molecule has 1 aromatic heterocycles. The van der Waals surface area contributed by atoms with Crippen molar-refractivity contribution >= 4 is 16.9 Å². The number of fused-ring (bicyclic) bond motifs is 3. The summed E-state index contributed by atoms with van der Waals surface area (Å²) in [5.74, 6) is 1.77. The fourth-order valence-corrected chi connectivity index (χ4v) is 3.37. The molecule has 0 spiro atoms. The summed E-state index contributed by atoms with van der Waals surface area (Å²) in [6, 6.07) is 15.8. The predicted molar refractivity (Wildman–Crippen MR) is 94.8 cm³/mol. The zero-order chi connectivity index (χ0) is 16.5. The van der Waals surface area contributed by atoms with Crippen LogP contribution in [0.2, 0.25) is 0 Å².